The maximum absolute atomic E-state index is 6.01. The van der Waals surface area contributed by atoms with Gasteiger partial charge in [0.1, 0.15) is 0 Å². The molecule has 0 aromatic heterocycles. The third kappa shape index (κ3) is 1.82. The van der Waals surface area contributed by atoms with E-state index in [0.717, 1.165) is 5.92 Å². The molecule has 1 atom stereocenters. The summed E-state index contributed by atoms with van der Waals surface area (Å²) in [4.78, 5) is 0. The summed E-state index contributed by atoms with van der Waals surface area (Å²) in [5.41, 5.74) is 0.149. The van der Waals surface area contributed by atoms with E-state index in [-0.39, 0.29) is 11.2 Å². The van der Waals surface area contributed by atoms with Crippen LogP contribution in [0.2, 0.25) is 0 Å². The summed E-state index contributed by atoms with van der Waals surface area (Å²) in [5, 5.41) is 0. The Morgan fingerprint density at radius 3 is 1.83 bits per heavy atom. The van der Waals surface area contributed by atoms with E-state index in [2.05, 4.69) is 41.5 Å². The van der Waals surface area contributed by atoms with Crippen LogP contribution in [0.3, 0.4) is 0 Å². The van der Waals surface area contributed by atoms with Crippen LogP contribution >= 0.6 is 0 Å². The van der Waals surface area contributed by atoms with E-state index in [1.807, 2.05) is 0 Å². The summed E-state index contributed by atoms with van der Waals surface area (Å²) < 4.78 is 6.01. The molecule has 72 valence electrons. The van der Waals surface area contributed by atoms with Crippen LogP contribution in [0.25, 0.3) is 0 Å². The molecule has 1 fully saturated rings. The van der Waals surface area contributed by atoms with Crippen molar-refractivity contribution in [2.24, 2.45) is 11.8 Å². The molecule has 0 aromatic carbocycles. The Morgan fingerprint density at radius 1 is 1.17 bits per heavy atom. The van der Waals surface area contributed by atoms with E-state index >= 15 is 0 Å². The van der Waals surface area contributed by atoms with Crippen molar-refractivity contribution in [3.63, 3.8) is 0 Å². The fourth-order valence-electron chi connectivity index (χ4n) is 2.64. The van der Waals surface area contributed by atoms with Crippen molar-refractivity contribution in [2.45, 2.75) is 59.2 Å². The van der Waals surface area contributed by atoms with Gasteiger partial charge in [0, 0.05) is 0 Å². The van der Waals surface area contributed by atoms with Crippen molar-refractivity contribution < 1.29 is 4.74 Å². The molecule has 1 nitrogen and oxygen atoms in total. The predicted octanol–water partition coefficient (Wildman–Crippen LogP) is 3.24. The van der Waals surface area contributed by atoms with Crippen LogP contribution in [0.15, 0.2) is 0 Å². The molecule has 0 aromatic rings. The highest BCUT2D eigenvalue weighted by Gasteiger charge is 2.46. The topological polar surface area (TPSA) is 9.23 Å². The Labute approximate surface area is 76.5 Å². The lowest BCUT2D eigenvalue weighted by Gasteiger charge is -2.29. The van der Waals surface area contributed by atoms with Crippen LogP contribution in [-0.2, 0) is 4.74 Å². The zero-order valence-electron chi connectivity index (χ0n) is 9.27. The summed E-state index contributed by atoms with van der Waals surface area (Å²) in [6, 6.07) is 0. The molecule has 0 aliphatic carbocycles. The lowest BCUT2D eigenvalue weighted by Crippen LogP contribution is -2.31. The molecular weight excluding hydrogens is 148 g/mol. The van der Waals surface area contributed by atoms with Crippen molar-refractivity contribution >= 4 is 0 Å². The lowest BCUT2D eigenvalue weighted by molar-refractivity contribution is -0.0785. The van der Waals surface area contributed by atoms with Crippen molar-refractivity contribution in [3.05, 3.63) is 0 Å². The average molecular weight is 170 g/mol. The monoisotopic (exact) mass is 170 g/mol. The fraction of sp³-hybridized carbons (Fsp3) is 1.00. The molecule has 1 saturated heterocycles. The van der Waals surface area contributed by atoms with Gasteiger partial charge in [0.15, 0.2) is 0 Å². The molecule has 1 aliphatic rings. The van der Waals surface area contributed by atoms with Gasteiger partial charge in [-0.3, -0.25) is 0 Å². The average Bonchev–Trinajstić information content (AvgIpc) is 1.99. The quantitative estimate of drug-likeness (QED) is 0.587. The van der Waals surface area contributed by atoms with Gasteiger partial charge in [0.2, 0.25) is 0 Å². The Morgan fingerprint density at radius 2 is 1.67 bits per heavy atom. The molecule has 0 saturated carbocycles. The Balaban J connectivity index is 2.78. The van der Waals surface area contributed by atoms with Crippen LogP contribution in [0.4, 0.5) is 0 Å². The smallest absolute Gasteiger partial charge is 0.0665 e. The lowest BCUT2D eigenvalue weighted by atomic mass is 9.79. The molecule has 0 spiro atoms. The predicted molar refractivity (Wildman–Crippen MR) is 52.2 cm³/mol. The minimum atomic E-state index is 0.0671. The number of hydrogen-bond donors (Lipinski definition) is 0. The zero-order valence-corrected chi connectivity index (χ0v) is 9.27. The van der Waals surface area contributed by atoms with Crippen molar-refractivity contribution in [3.8, 4) is 0 Å². The minimum absolute atomic E-state index is 0.0671. The molecule has 1 heteroatoms. The van der Waals surface area contributed by atoms with Crippen molar-refractivity contribution in [1.29, 1.82) is 0 Å². The first-order valence-electron chi connectivity index (χ1n) is 4.95. The van der Waals surface area contributed by atoms with Gasteiger partial charge in [-0.2, -0.15) is 0 Å². The summed E-state index contributed by atoms with van der Waals surface area (Å²) in [7, 11) is 0. The normalized spacial score (nSPS) is 32.8. The number of rotatable bonds is 1. The molecule has 0 bridgehead atoms. The Kier molecular flexibility index (Phi) is 2.28. The van der Waals surface area contributed by atoms with Gasteiger partial charge in [-0.1, -0.05) is 13.8 Å². The largest absolute Gasteiger partial charge is 0.369 e. The zero-order chi connectivity index (χ0) is 9.57. The molecule has 1 rings (SSSR count). The maximum atomic E-state index is 6.01. The van der Waals surface area contributed by atoms with Crippen molar-refractivity contribution in [1.82, 2.24) is 0 Å². The Hall–Kier alpha value is -0.0400. The maximum Gasteiger partial charge on any atom is 0.0665 e. The summed E-state index contributed by atoms with van der Waals surface area (Å²) in [5.74, 6) is 1.43. The van der Waals surface area contributed by atoms with Gasteiger partial charge in [-0.25, -0.2) is 0 Å². The second-order valence-electron chi connectivity index (χ2n) is 5.52. The molecule has 1 heterocycles. The van der Waals surface area contributed by atoms with Crippen LogP contribution in [-0.4, -0.2) is 11.2 Å². The van der Waals surface area contributed by atoms with E-state index in [1.165, 1.54) is 6.42 Å². The summed E-state index contributed by atoms with van der Waals surface area (Å²) in [6.45, 7) is 13.4. The van der Waals surface area contributed by atoms with Gasteiger partial charge >= 0.3 is 0 Å². The molecule has 0 radical (unpaired) electrons. The molecule has 1 unspecified atom stereocenters. The van der Waals surface area contributed by atoms with Crippen LogP contribution in [0.1, 0.15) is 48.0 Å². The molecular formula is C11H22O. The first-order chi connectivity index (χ1) is 5.25. The highest BCUT2D eigenvalue weighted by atomic mass is 16.5. The van der Waals surface area contributed by atoms with Gasteiger partial charge in [-0.05, 0) is 46.0 Å². The second kappa shape index (κ2) is 2.73. The van der Waals surface area contributed by atoms with Crippen molar-refractivity contribution in [2.75, 3.05) is 0 Å². The number of ether oxygens (including phenoxy) is 1. The molecule has 1 aliphatic heterocycles. The van der Waals surface area contributed by atoms with E-state index in [1.54, 1.807) is 0 Å². The Bertz CT molecular complexity index is 168. The molecule has 0 N–H and O–H groups in total. The summed E-state index contributed by atoms with van der Waals surface area (Å²) >= 11 is 0. The van der Waals surface area contributed by atoms with E-state index < -0.39 is 0 Å². The third-order valence-corrected chi connectivity index (χ3v) is 2.95. The van der Waals surface area contributed by atoms with Gasteiger partial charge in [0.05, 0.1) is 11.2 Å². The van der Waals surface area contributed by atoms with E-state index in [0.29, 0.717) is 5.92 Å². The number of hydrogen-bond acceptors (Lipinski definition) is 1. The van der Waals surface area contributed by atoms with E-state index in [4.69, 9.17) is 4.74 Å². The second-order valence-corrected chi connectivity index (χ2v) is 5.52. The highest BCUT2D eigenvalue weighted by molar-refractivity contribution is 4.95. The van der Waals surface area contributed by atoms with Crippen LogP contribution < -0.4 is 0 Å². The standard InChI is InChI=1S/C11H22O/c1-8(2)9-7-10(3,4)12-11(9,5)6/h8-9H,7H2,1-6H3. The first-order valence-corrected chi connectivity index (χ1v) is 4.95. The van der Waals surface area contributed by atoms with Gasteiger partial charge in [-0.15, -0.1) is 0 Å². The summed E-state index contributed by atoms with van der Waals surface area (Å²) in [6.07, 6.45) is 1.19. The molecule has 12 heavy (non-hydrogen) atoms. The van der Waals surface area contributed by atoms with Gasteiger partial charge < -0.3 is 4.74 Å². The first kappa shape index (κ1) is 10.0. The van der Waals surface area contributed by atoms with Crippen LogP contribution in [0.5, 0.6) is 0 Å². The van der Waals surface area contributed by atoms with E-state index in [9.17, 15) is 0 Å². The molecule has 0 amide bonds. The third-order valence-electron chi connectivity index (χ3n) is 2.95. The SMILES string of the molecule is CC(C)C1CC(C)(C)OC1(C)C. The fourth-order valence-corrected chi connectivity index (χ4v) is 2.64. The highest BCUT2D eigenvalue weighted by Crippen LogP contribution is 2.45. The minimum Gasteiger partial charge on any atom is -0.369 e. The van der Waals surface area contributed by atoms with Gasteiger partial charge in [0.25, 0.3) is 0 Å². The van der Waals surface area contributed by atoms with Crippen LogP contribution in [0, 0.1) is 11.8 Å².